The number of anilines is 2. The number of aryl methyl sites for hydroxylation is 1. The molecule has 1 aromatic carbocycles. The van der Waals surface area contributed by atoms with Crippen LogP contribution in [0.4, 0.5) is 11.4 Å². The molecule has 0 spiro atoms. The lowest BCUT2D eigenvalue weighted by molar-refractivity contribution is 0.0746. The third kappa shape index (κ3) is 4.39. The van der Waals surface area contributed by atoms with Crippen molar-refractivity contribution < 1.29 is 4.79 Å². The molecule has 0 unspecified atom stereocenters. The summed E-state index contributed by atoms with van der Waals surface area (Å²) in [4.78, 5) is 24.3. The van der Waals surface area contributed by atoms with Crippen LogP contribution in [-0.4, -0.2) is 55.1 Å². The number of hydrogen-bond donors (Lipinski definition) is 0. The molecule has 4 rings (SSSR count). The Bertz CT molecular complexity index is 850. The molecular weight excluding hydrogens is 360 g/mol. The van der Waals surface area contributed by atoms with Gasteiger partial charge < -0.3 is 14.7 Å². The van der Waals surface area contributed by atoms with Gasteiger partial charge in [0.25, 0.3) is 5.91 Å². The molecule has 2 aliphatic heterocycles. The Kier molecular flexibility index (Phi) is 6.02. The second-order valence-electron chi connectivity index (χ2n) is 8.33. The summed E-state index contributed by atoms with van der Waals surface area (Å²) in [6, 6.07) is 8.50. The lowest BCUT2D eigenvalue weighted by Gasteiger charge is -2.37. The number of piperazine rings is 1. The van der Waals surface area contributed by atoms with E-state index in [1.54, 1.807) is 6.20 Å². The number of benzene rings is 1. The zero-order valence-corrected chi connectivity index (χ0v) is 17.7. The number of aromatic nitrogens is 1. The molecule has 0 bridgehead atoms. The summed E-state index contributed by atoms with van der Waals surface area (Å²) in [5, 5.41) is 0. The Labute approximate surface area is 174 Å². The van der Waals surface area contributed by atoms with E-state index in [1.165, 1.54) is 42.5 Å². The van der Waals surface area contributed by atoms with Crippen molar-refractivity contribution in [2.75, 3.05) is 49.1 Å². The Morgan fingerprint density at radius 3 is 2.31 bits per heavy atom. The predicted octanol–water partition coefficient (Wildman–Crippen LogP) is 4.04. The minimum Gasteiger partial charge on any atom is -0.370 e. The van der Waals surface area contributed by atoms with E-state index in [-0.39, 0.29) is 5.91 Å². The Morgan fingerprint density at radius 2 is 1.59 bits per heavy atom. The van der Waals surface area contributed by atoms with Crippen LogP contribution in [0.25, 0.3) is 0 Å². The number of amides is 1. The molecule has 2 aromatic rings. The Hall–Kier alpha value is -2.56. The van der Waals surface area contributed by atoms with Crippen LogP contribution in [0.5, 0.6) is 0 Å². The average molecular weight is 393 g/mol. The van der Waals surface area contributed by atoms with Crippen LogP contribution in [0.2, 0.25) is 0 Å². The van der Waals surface area contributed by atoms with Crippen molar-refractivity contribution in [3.63, 3.8) is 0 Å². The fourth-order valence-corrected chi connectivity index (χ4v) is 4.46. The number of pyridine rings is 1. The van der Waals surface area contributed by atoms with E-state index < -0.39 is 0 Å². The van der Waals surface area contributed by atoms with Gasteiger partial charge in [-0.3, -0.25) is 9.78 Å². The second-order valence-corrected chi connectivity index (χ2v) is 8.33. The molecule has 0 N–H and O–H groups in total. The summed E-state index contributed by atoms with van der Waals surface area (Å²) < 4.78 is 0. The lowest BCUT2D eigenvalue weighted by atomic mass is 10.1. The normalized spacial score (nSPS) is 17.9. The quantitative estimate of drug-likeness (QED) is 0.790. The summed E-state index contributed by atoms with van der Waals surface area (Å²) in [7, 11) is 0. The number of nitrogens with zero attached hydrogens (tertiary/aromatic N) is 4. The standard InChI is InChI=1S/C24H32N4O/c1-19-8-7-9-23(20(19)2)27-12-14-28(15-13-27)24(29)21-16-22(18-25-17-21)26-10-5-3-4-6-11-26/h7-9,16-18H,3-6,10-15H2,1-2H3. The SMILES string of the molecule is Cc1cccc(N2CCN(C(=O)c3cncc(N4CCCCCC4)c3)CC2)c1C. The van der Waals surface area contributed by atoms with Crippen molar-refractivity contribution in [1.82, 2.24) is 9.88 Å². The second kappa shape index (κ2) is 8.85. The summed E-state index contributed by atoms with van der Waals surface area (Å²) >= 11 is 0. The summed E-state index contributed by atoms with van der Waals surface area (Å²) in [6.07, 6.45) is 8.67. The fraction of sp³-hybridized carbons (Fsp3) is 0.500. The van der Waals surface area contributed by atoms with Crippen LogP contribution in [-0.2, 0) is 0 Å². The number of carbonyl (C=O) groups is 1. The Balaban J connectivity index is 1.42. The van der Waals surface area contributed by atoms with E-state index in [4.69, 9.17) is 0 Å². The van der Waals surface area contributed by atoms with Gasteiger partial charge in [-0.25, -0.2) is 0 Å². The van der Waals surface area contributed by atoms with Crippen LogP contribution in [0, 0.1) is 13.8 Å². The highest BCUT2D eigenvalue weighted by Gasteiger charge is 2.24. The molecule has 29 heavy (non-hydrogen) atoms. The first kappa shape index (κ1) is 19.7. The zero-order chi connectivity index (χ0) is 20.2. The predicted molar refractivity (Wildman–Crippen MR) is 119 cm³/mol. The van der Waals surface area contributed by atoms with Gasteiger partial charge >= 0.3 is 0 Å². The smallest absolute Gasteiger partial charge is 0.255 e. The van der Waals surface area contributed by atoms with Crippen LogP contribution in [0.15, 0.2) is 36.7 Å². The maximum absolute atomic E-state index is 13.1. The van der Waals surface area contributed by atoms with Gasteiger partial charge in [-0.05, 0) is 49.9 Å². The molecule has 3 heterocycles. The molecule has 2 aliphatic rings. The van der Waals surface area contributed by atoms with Gasteiger partial charge in [0.05, 0.1) is 17.4 Å². The van der Waals surface area contributed by atoms with Crippen LogP contribution in [0.3, 0.4) is 0 Å². The van der Waals surface area contributed by atoms with Crippen molar-refractivity contribution >= 4 is 17.3 Å². The maximum atomic E-state index is 13.1. The fourth-order valence-electron chi connectivity index (χ4n) is 4.46. The molecule has 0 atom stereocenters. The van der Waals surface area contributed by atoms with Crippen molar-refractivity contribution in [3.8, 4) is 0 Å². The third-order valence-electron chi connectivity index (χ3n) is 6.43. The highest BCUT2D eigenvalue weighted by molar-refractivity contribution is 5.95. The largest absolute Gasteiger partial charge is 0.370 e. The van der Waals surface area contributed by atoms with E-state index in [2.05, 4.69) is 46.8 Å². The molecule has 1 amide bonds. The minimum atomic E-state index is 0.106. The van der Waals surface area contributed by atoms with Gasteiger partial charge in [-0.1, -0.05) is 25.0 Å². The average Bonchev–Trinajstić information content (AvgIpc) is 3.05. The van der Waals surface area contributed by atoms with Crippen LogP contribution < -0.4 is 9.80 Å². The molecule has 154 valence electrons. The van der Waals surface area contributed by atoms with Gasteiger partial charge in [0.15, 0.2) is 0 Å². The van der Waals surface area contributed by atoms with E-state index in [0.717, 1.165) is 45.0 Å². The van der Waals surface area contributed by atoms with E-state index in [9.17, 15) is 4.79 Å². The minimum absolute atomic E-state index is 0.106. The first-order chi connectivity index (χ1) is 14.1. The van der Waals surface area contributed by atoms with Crippen molar-refractivity contribution in [2.45, 2.75) is 39.5 Å². The number of rotatable bonds is 3. The molecule has 2 fully saturated rings. The lowest BCUT2D eigenvalue weighted by Crippen LogP contribution is -2.49. The van der Waals surface area contributed by atoms with Gasteiger partial charge in [-0.2, -0.15) is 0 Å². The molecule has 5 nitrogen and oxygen atoms in total. The van der Waals surface area contributed by atoms with E-state index in [1.807, 2.05) is 17.2 Å². The molecule has 0 radical (unpaired) electrons. The van der Waals surface area contributed by atoms with E-state index in [0.29, 0.717) is 5.56 Å². The van der Waals surface area contributed by atoms with Crippen molar-refractivity contribution in [3.05, 3.63) is 53.3 Å². The molecule has 0 aliphatic carbocycles. The summed E-state index contributed by atoms with van der Waals surface area (Å²) in [5.41, 5.74) is 5.75. The van der Waals surface area contributed by atoms with Crippen LogP contribution >= 0.6 is 0 Å². The van der Waals surface area contributed by atoms with E-state index >= 15 is 0 Å². The molecule has 1 aromatic heterocycles. The monoisotopic (exact) mass is 392 g/mol. The maximum Gasteiger partial charge on any atom is 0.255 e. The molecule has 5 heteroatoms. The van der Waals surface area contributed by atoms with Crippen molar-refractivity contribution in [2.24, 2.45) is 0 Å². The van der Waals surface area contributed by atoms with Crippen LogP contribution in [0.1, 0.15) is 47.2 Å². The highest BCUT2D eigenvalue weighted by Crippen LogP contribution is 2.25. The topological polar surface area (TPSA) is 39.7 Å². The Morgan fingerprint density at radius 1 is 0.862 bits per heavy atom. The highest BCUT2D eigenvalue weighted by atomic mass is 16.2. The van der Waals surface area contributed by atoms with Gasteiger partial charge in [-0.15, -0.1) is 0 Å². The first-order valence-electron chi connectivity index (χ1n) is 10.9. The van der Waals surface area contributed by atoms with Gasteiger partial charge in [0, 0.05) is 51.2 Å². The van der Waals surface area contributed by atoms with Crippen molar-refractivity contribution in [1.29, 1.82) is 0 Å². The number of hydrogen-bond acceptors (Lipinski definition) is 4. The zero-order valence-electron chi connectivity index (χ0n) is 17.7. The number of carbonyl (C=O) groups excluding carboxylic acids is 1. The third-order valence-corrected chi connectivity index (χ3v) is 6.43. The first-order valence-corrected chi connectivity index (χ1v) is 10.9. The summed E-state index contributed by atoms with van der Waals surface area (Å²) in [5.74, 6) is 0.106. The summed E-state index contributed by atoms with van der Waals surface area (Å²) in [6.45, 7) is 9.71. The molecular formula is C24H32N4O. The van der Waals surface area contributed by atoms with Gasteiger partial charge in [0.2, 0.25) is 0 Å². The molecule has 2 saturated heterocycles. The van der Waals surface area contributed by atoms with Gasteiger partial charge in [0.1, 0.15) is 0 Å². The molecule has 0 saturated carbocycles.